The summed E-state index contributed by atoms with van der Waals surface area (Å²) in [6.07, 6.45) is 1.97. The smallest absolute Gasteiger partial charge is 0.321 e. The van der Waals surface area contributed by atoms with Crippen LogP contribution in [0, 0.1) is 0 Å². The van der Waals surface area contributed by atoms with Crippen molar-refractivity contribution in [3.05, 3.63) is 23.5 Å². The summed E-state index contributed by atoms with van der Waals surface area (Å²) in [7, 11) is -3.87. The average molecular weight is 321 g/mol. The van der Waals surface area contributed by atoms with Crippen molar-refractivity contribution in [2.45, 2.75) is 25.2 Å². The van der Waals surface area contributed by atoms with E-state index in [1.807, 2.05) is 6.92 Å². The van der Waals surface area contributed by atoms with Crippen LogP contribution in [0.3, 0.4) is 0 Å². The van der Waals surface area contributed by atoms with E-state index in [1.165, 1.54) is 18.3 Å². The summed E-state index contributed by atoms with van der Waals surface area (Å²) < 4.78 is 30.8. The Morgan fingerprint density at radius 2 is 2.15 bits per heavy atom. The van der Waals surface area contributed by atoms with Crippen LogP contribution in [-0.2, 0) is 19.6 Å². The maximum Gasteiger partial charge on any atom is 0.321 e. The second kappa shape index (κ2) is 7.56. The van der Waals surface area contributed by atoms with Crippen LogP contribution in [0.4, 0.5) is 0 Å². The highest BCUT2D eigenvalue weighted by Gasteiger charge is 2.28. The average Bonchev–Trinajstić information content (AvgIpc) is 2.38. The lowest BCUT2D eigenvalue weighted by atomic mass is 10.5. The summed E-state index contributed by atoms with van der Waals surface area (Å²) in [5.41, 5.74) is 0. The van der Waals surface area contributed by atoms with Gasteiger partial charge in [0.2, 0.25) is 10.0 Å². The van der Waals surface area contributed by atoms with Gasteiger partial charge in [0.15, 0.2) is 0 Å². The zero-order valence-corrected chi connectivity index (χ0v) is 12.9. The third-order valence-corrected chi connectivity index (χ3v) is 4.72. The van der Waals surface area contributed by atoms with E-state index in [0.717, 1.165) is 4.31 Å². The van der Waals surface area contributed by atoms with Crippen LogP contribution in [0.15, 0.2) is 23.2 Å². The molecule has 1 rings (SSSR count). The van der Waals surface area contributed by atoms with Gasteiger partial charge in [0, 0.05) is 12.7 Å². The first kappa shape index (κ1) is 16.9. The quantitative estimate of drug-likeness (QED) is 0.564. The van der Waals surface area contributed by atoms with Gasteiger partial charge in [-0.2, -0.15) is 4.31 Å². The maximum atomic E-state index is 12.5. The number of carbonyl (C=O) groups excluding carboxylic acids is 1. The van der Waals surface area contributed by atoms with Crippen molar-refractivity contribution in [2.24, 2.45) is 0 Å². The van der Waals surface area contributed by atoms with Crippen molar-refractivity contribution in [3.8, 4) is 0 Å². The summed E-state index contributed by atoms with van der Waals surface area (Å²) in [6.45, 7) is 3.54. The molecule has 0 saturated heterocycles. The van der Waals surface area contributed by atoms with Crippen LogP contribution in [-0.4, -0.2) is 43.4 Å². The number of halogens is 1. The first-order chi connectivity index (χ1) is 9.43. The van der Waals surface area contributed by atoms with Crippen molar-refractivity contribution in [1.29, 1.82) is 0 Å². The minimum atomic E-state index is -3.87. The van der Waals surface area contributed by atoms with Crippen molar-refractivity contribution >= 4 is 27.6 Å². The Morgan fingerprint density at radius 3 is 2.70 bits per heavy atom. The zero-order chi connectivity index (χ0) is 15.2. The van der Waals surface area contributed by atoms with Gasteiger partial charge < -0.3 is 4.74 Å². The molecule has 6 nitrogen and oxygen atoms in total. The molecule has 0 spiro atoms. The largest absolute Gasteiger partial charge is 0.465 e. The predicted octanol–water partition coefficient (Wildman–Crippen LogP) is 1.70. The second-order valence-corrected chi connectivity index (χ2v) is 6.20. The molecule has 0 aliphatic carbocycles. The fourth-order valence-electron chi connectivity index (χ4n) is 1.59. The molecule has 0 radical (unpaired) electrons. The number of rotatable bonds is 7. The Labute approximate surface area is 123 Å². The molecule has 1 aromatic heterocycles. The fourth-order valence-corrected chi connectivity index (χ4v) is 3.49. The maximum absolute atomic E-state index is 12.5. The number of ether oxygens (including phenoxy) is 1. The SMILES string of the molecule is CCCN(CC(=O)OCC)S(=O)(=O)c1cccnc1Cl. The van der Waals surface area contributed by atoms with Gasteiger partial charge in [-0.05, 0) is 25.5 Å². The van der Waals surface area contributed by atoms with Gasteiger partial charge in [-0.15, -0.1) is 0 Å². The predicted molar refractivity (Wildman–Crippen MR) is 74.9 cm³/mol. The number of hydrogen-bond acceptors (Lipinski definition) is 5. The zero-order valence-electron chi connectivity index (χ0n) is 11.4. The number of sulfonamides is 1. The highest BCUT2D eigenvalue weighted by Crippen LogP contribution is 2.22. The Hall–Kier alpha value is -1.18. The molecule has 0 N–H and O–H groups in total. The van der Waals surface area contributed by atoms with E-state index in [-0.39, 0.29) is 29.7 Å². The normalized spacial score (nSPS) is 11.6. The van der Waals surface area contributed by atoms with Gasteiger partial charge >= 0.3 is 5.97 Å². The molecule has 8 heteroatoms. The summed E-state index contributed by atoms with van der Waals surface area (Å²) in [6, 6.07) is 2.84. The lowest BCUT2D eigenvalue weighted by Gasteiger charge is -2.20. The molecule has 20 heavy (non-hydrogen) atoms. The summed E-state index contributed by atoms with van der Waals surface area (Å²) >= 11 is 5.82. The van der Waals surface area contributed by atoms with Crippen LogP contribution in [0.25, 0.3) is 0 Å². The Balaban J connectivity index is 3.06. The third kappa shape index (κ3) is 4.16. The summed E-state index contributed by atoms with van der Waals surface area (Å²) in [5.74, 6) is -0.593. The van der Waals surface area contributed by atoms with Gasteiger partial charge in [0.25, 0.3) is 0 Å². The van der Waals surface area contributed by atoms with Gasteiger partial charge in [0.05, 0.1) is 6.61 Å². The summed E-state index contributed by atoms with van der Waals surface area (Å²) in [4.78, 5) is 15.1. The number of nitrogens with zero attached hydrogens (tertiary/aromatic N) is 2. The molecule has 0 saturated carbocycles. The third-order valence-electron chi connectivity index (χ3n) is 2.43. The molecule has 0 aliphatic heterocycles. The number of pyridine rings is 1. The van der Waals surface area contributed by atoms with Gasteiger partial charge in [-0.1, -0.05) is 18.5 Å². The number of carbonyl (C=O) groups is 1. The van der Waals surface area contributed by atoms with E-state index in [0.29, 0.717) is 6.42 Å². The van der Waals surface area contributed by atoms with Crippen molar-refractivity contribution in [3.63, 3.8) is 0 Å². The van der Waals surface area contributed by atoms with Crippen molar-refractivity contribution in [1.82, 2.24) is 9.29 Å². The molecule has 0 aromatic carbocycles. The Bertz CT molecular complexity index is 562. The van der Waals surface area contributed by atoms with Gasteiger partial charge in [-0.25, -0.2) is 13.4 Å². The lowest BCUT2D eigenvalue weighted by molar-refractivity contribution is -0.143. The van der Waals surface area contributed by atoms with E-state index in [2.05, 4.69) is 4.98 Å². The Kier molecular flexibility index (Phi) is 6.38. The fraction of sp³-hybridized carbons (Fsp3) is 0.500. The van der Waals surface area contributed by atoms with Crippen LogP contribution in [0.1, 0.15) is 20.3 Å². The molecule has 1 aromatic rings. The molecular formula is C12H17ClN2O4S. The van der Waals surface area contributed by atoms with Crippen molar-refractivity contribution < 1.29 is 17.9 Å². The standard InChI is InChI=1S/C12H17ClN2O4S/c1-3-8-15(9-11(16)19-4-2)20(17,18)10-6-5-7-14-12(10)13/h5-7H,3-4,8-9H2,1-2H3. The molecule has 0 amide bonds. The monoisotopic (exact) mass is 320 g/mol. The van der Waals surface area contributed by atoms with Crippen LogP contribution in [0.5, 0.6) is 0 Å². The van der Waals surface area contributed by atoms with Crippen LogP contribution >= 0.6 is 11.6 Å². The molecule has 1 heterocycles. The van der Waals surface area contributed by atoms with Gasteiger partial charge in [-0.3, -0.25) is 4.79 Å². The first-order valence-electron chi connectivity index (χ1n) is 6.19. The topological polar surface area (TPSA) is 76.6 Å². The second-order valence-electron chi connectivity index (χ2n) is 3.94. The summed E-state index contributed by atoms with van der Waals surface area (Å²) in [5, 5.41) is -0.113. The number of esters is 1. The molecule has 112 valence electrons. The minimum absolute atomic E-state index is 0.112. The highest BCUT2D eigenvalue weighted by molar-refractivity contribution is 7.89. The molecule has 0 aliphatic rings. The van der Waals surface area contributed by atoms with Gasteiger partial charge in [0.1, 0.15) is 16.6 Å². The van der Waals surface area contributed by atoms with E-state index in [4.69, 9.17) is 16.3 Å². The number of aromatic nitrogens is 1. The Morgan fingerprint density at radius 1 is 1.45 bits per heavy atom. The minimum Gasteiger partial charge on any atom is -0.465 e. The molecule has 0 fully saturated rings. The van der Waals surface area contributed by atoms with Crippen LogP contribution < -0.4 is 0 Å². The van der Waals surface area contributed by atoms with Crippen molar-refractivity contribution in [2.75, 3.05) is 19.7 Å². The molecule has 0 bridgehead atoms. The van der Waals surface area contributed by atoms with Crippen LogP contribution in [0.2, 0.25) is 5.15 Å². The molecule has 0 unspecified atom stereocenters. The van der Waals surface area contributed by atoms with E-state index in [9.17, 15) is 13.2 Å². The molecule has 0 atom stereocenters. The lowest BCUT2D eigenvalue weighted by Crippen LogP contribution is -2.37. The number of hydrogen-bond donors (Lipinski definition) is 0. The molecular weight excluding hydrogens is 304 g/mol. The highest BCUT2D eigenvalue weighted by atomic mass is 35.5. The van der Waals surface area contributed by atoms with E-state index >= 15 is 0 Å². The van der Waals surface area contributed by atoms with E-state index in [1.54, 1.807) is 6.92 Å². The van der Waals surface area contributed by atoms with E-state index < -0.39 is 16.0 Å². The first-order valence-corrected chi connectivity index (χ1v) is 8.01.